The smallest absolute Gasteiger partial charge is 0.355 e. The first-order chi connectivity index (χ1) is 28.2. The molecule has 1 unspecified atom stereocenters. The summed E-state index contributed by atoms with van der Waals surface area (Å²) in [7, 11) is -2.86. The van der Waals surface area contributed by atoms with Gasteiger partial charge in [0.15, 0.2) is 5.65 Å². The number of benzene rings is 4. The second-order valence-corrected chi connectivity index (χ2v) is 21.4. The molecule has 3 heterocycles. The Balaban J connectivity index is 1.40. The topological polar surface area (TPSA) is 80.6 Å². The number of pyridine rings is 1. The maximum absolute atomic E-state index is 15.4. The molecule has 11 heteroatoms. The number of piperazine rings is 1. The quantitative estimate of drug-likeness (QED) is 0.101. The summed E-state index contributed by atoms with van der Waals surface area (Å²) in [5.41, 5.74) is 3.61. The number of hydrogen-bond donors (Lipinski definition) is 0. The predicted octanol–water partition coefficient (Wildman–Crippen LogP) is 8.97. The van der Waals surface area contributed by atoms with E-state index in [2.05, 4.69) is 102 Å². The van der Waals surface area contributed by atoms with Gasteiger partial charge in [0, 0.05) is 31.2 Å². The van der Waals surface area contributed by atoms with Crippen molar-refractivity contribution in [1.82, 2.24) is 19.4 Å². The average Bonchev–Trinajstić information content (AvgIpc) is 3.21. The molecule has 0 saturated carbocycles. The van der Waals surface area contributed by atoms with Gasteiger partial charge in [0.1, 0.15) is 11.6 Å². The zero-order chi connectivity index (χ0) is 42.2. The maximum Gasteiger partial charge on any atom is 0.355 e. The van der Waals surface area contributed by atoms with Gasteiger partial charge in [-0.05, 0) is 76.1 Å². The van der Waals surface area contributed by atoms with Gasteiger partial charge in [-0.3, -0.25) is 4.79 Å². The van der Waals surface area contributed by atoms with Gasteiger partial charge in [0.05, 0.1) is 28.4 Å². The first-order valence-electron chi connectivity index (χ1n) is 20.1. The summed E-state index contributed by atoms with van der Waals surface area (Å²) in [6.07, 6.45) is 1.31. The molecular formula is C48H51ClFN5O3Si. The van der Waals surface area contributed by atoms with E-state index in [4.69, 9.17) is 26.0 Å². The minimum Gasteiger partial charge on any atom is -0.403 e. The highest BCUT2D eigenvalue weighted by Gasteiger charge is 2.50. The first kappa shape index (κ1) is 41.7. The summed E-state index contributed by atoms with van der Waals surface area (Å²) in [5, 5.41) is 2.94. The standard InChI is InChI=1S/C48H51ClFN5O3Si/c1-9-42(56)53-24-25-54(33(5)29-53)45-39-28-40(49)43(37-22-16-17-23-41(37)50)51-46(39)55(47(57)52-45)44-32(4)26-34(27-38(44)31(2)3)30-58-59(48(6,7)8,35-18-12-10-13-19-35)36-20-14-11-15-21-36/h9-23,26-28,31,33H,1,24-25,29-30H2,2-8H3. The monoisotopic (exact) mass is 827 g/mol. The second-order valence-electron chi connectivity index (χ2n) is 16.7. The molecule has 1 amide bonds. The van der Waals surface area contributed by atoms with Crippen LogP contribution in [0.3, 0.4) is 0 Å². The molecule has 0 N–H and O–H groups in total. The van der Waals surface area contributed by atoms with Crippen LogP contribution < -0.4 is 21.0 Å². The van der Waals surface area contributed by atoms with Crippen molar-refractivity contribution < 1.29 is 13.6 Å². The van der Waals surface area contributed by atoms with Gasteiger partial charge in [-0.15, -0.1) is 0 Å². The Hall–Kier alpha value is -5.42. The number of carbonyl (C=O) groups excluding carboxylic acids is 1. The fourth-order valence-corrected chi connectivity index (χ4v) is 13.4. The van der Waals surface area contributed by atoms with Crippen LogP contribution in [0.5, 0.6) is 0 Å². The Labute approximate surface area is 352 Å². The second kappa shape index (κ2) is 16.7. The van der Waals surface area contributed by atoms with Gasteiger partial charge in [-0.1, -0.05) is 138 Å². The average molecular weight is 829 g/mol. The van der Waals surface area contributed by atoms with E-state index in [-0.39, 0.29) is 39.2 Å². The lowest BCUT2D eigenvalue weighted by Gasteiger charge is -2.43. The number of rotatable bonds is 10. The number of carbonyl (C=O) groups is 1. The van der Waals surface area contributed by atoms with E-state index in [0.29, 0.717) is 48.8 Å². The molecule has 2 aromatic heterocycles. The lowest BCUT2D eigenvalue weighted by atomic mass is 9.95. The van der Waals surface area contributed by atoms with Crippen LogP contribution >= 0.6 is 11.6 Å². The molecule has 0 aliphatic carbocycles. The molecule has 4 aromatic carbocycles. The van der Waals surface area contributed by atoms with E-state index < -0.39 is 19.8 Å². The normalized spacial score (nSPS) is 14.9. The van der Waals surface area contributed by atoms with Crippen LogP contribution in [0, 0.1) is 12.7 Å². The van der Waals surface area contributed by atoms with Gasteiger partial charge in [-0.2, -0.15) is 4.98 Å². The number of aryl methyl sites for hydroxylation is 1. The third-order valence-electron chi connectivity index (χ3n) is 11.4. The van der Waals surface area contributed by atoms with Crippen LogP contribution in [0.15, 0.2) is 121 Å². The molecule has 7 rings (SSSR count). The van der Waals surface area contributed by atoms with Crippen molar-refractivity contribution in [3.8, 4) is 16.9 Å². The summed E-state index contributed by atoms with van der Waals surface area (Å²) in [6, 6.07) is 33.2. The number of nitrogens with zero attached hydrogens (tertiary/aromatic N) is 5. The van der Waals surface area contributed by atoms with Crippen LogP contribution in [0.25, 0.3) is 28.0 Å². The lowest BCUT2D eigenvalue weighted by Crippen LogP contribution is -2.66. The molecule has 304 valence electrons. The largest absolute Gasteiger partial charge is 0.403 e. The SMILES string of the molecule is C=CC(=O)N1CCN(c2nc(=O)n(-c3c(C)cc(CO[Si](c4ccccc4)(c4ccccc4)C(C)(C)C)cc3C(C)C)c3nc(-c4ccccc4F)c(Cl)cc23)C(C)C1. The maximum atomic E-state index is 15.4. The number of amides is 1. The highest BCUT2D eigenvalue weighted by atomic mass is 35.5. The van der Waals surface area contributed by atoms with Crippen LogP contribution in [0.4, 0.5) is 10.2 Å². The van der Waals surface area contributed by atoms with E-state index in [1.165, 1.54) is 22.5 Å². The van der Waals surface area contributed by atoms with E-state index in [0.717, 1.165) is 16.7 Å². The third kappa shape index (κ3) is 7.77. The van der Waals surface area contributed by atoms with Crippen molar-refractivity contribution in [2.75, 3.05) is 24.5 Å². The van der Waals surface area contributed by atoms with E-state index in [1.807, 2.05) is 30.9 Å². The lowest BCUT2D eigenvalue weighted by molar-refractivity contribution is -0.126. The van der Waals surface area contributed by atoms with Gasteiger partial charge in [-0.25, -0.2) is 18.7 Å². The molecular weight excluding hydrogens is 777 g/mol. The fraction of sp³-hybridized carbons (Fsp3) is 0.292. The molecule has 0 radical (unpaired) electrons. The molecule has 1 saturated heterocycles. The summed E-state index contributed by atoms with van der Waals surface area (Å²) >= 11 is 6.97. The van der Waals surface area contributed by atoms with Gasteiger partial charge in [0.25, 0.3) is 8.32 Å². The molecule has 6 aromatic rings. The molecule has 8 nitrogen and oxygen atoms in total. The summed E-state index contributed by atoms with van der Waals surface area (Å²) in [5.74, 6) is -0.244. The zero-order valence-electron chi connectivity index (χ0n) is 34.8. The minimum atomic E-state index is -2.86. The van der Waals surface area contributed by atoms with Gasteiger partial charge in [0.2, 0.25) is 5.91 Å². The number of aromatic nitrogens is 3. The molecule has 0 bridgehead atoms. The predicted molar refractivity (Wildman–Crippen MR) is 240 cm³/mol. The summed E-state index contributed by atoms with van der Waals surface area (Å²) < 4.78 is 24.3. The van der Waals surface area contributed by atoms with Crippen LogP contribution in [-0.4, -0.2) is 59.3 Å². The minimum absolute atomic E-state index is 0.0213. The van der Waals surface area contributed by atoms with Crippen LogP contribution in [0.2, 0.25) is 10.1 Å². The Kier molecular flexibility index (Phi) is 11.8. The van der Waals surface area contributed by atoms with E-state index >= 15 is 4.39 Å². The molecule has 1 aliphatic rings. The first-order valence-corrected chi connectivity index (χ1v) is 22.4. The van der Waals surface area contributed by atoms with Gasteiger partial charge < -0.3 is 14.2 Å². The Morgan fingerprint density at radius 2 is 1.59 bits per heavy atom. The Bertz CT molecular complexity index is 2550. The van der Waals surface area contributed by atoms with E-state index in [1.54, 1.807) is 33.7 Å². The number of anilines is 1. The molecule has 0 spiro atoms. The fourth-order valence-electron chi connectivity index (χ4n) is 8.64. The van der Waals surface area contributed by atoms with Crippen molar-refractivity contribution in [3.63, 3.8) is 0 Å². The molecule has 1 aliphatic heterocycles. The molecule has 1 fully saturated rings. The zero-order valence-corrected chi connectivity index (χ0v) is 36.6. The number of fused-ring (bicyclic) bond motifs is 1. The molecule has 1 atom stereocenters. The van der Waals surface area contributed by atoms with E-state index in [9.17, 15) is 9.59 Å². The summed E-state index contributed by atoms with van der Waals surface area (Å²) in [4.78, 5) is 40.8. The highest BCUT2D eigenvalue weighted by Crippen LogP contribution is 2.39. The van der Waals surface area contributed by atoms with Crippen molar-refractivity contribution in [1.29, 1.82) is 0 Å². The molecule has 59 heavy (non-hydrogen) atoms. The number of hydrogen-bond acceptors (Lipinski definition) is 6. The Morgan fingerprint density at radius 1 is 0.966 bits per heavy atom. The summed E-state index contributed by atoms with van der Waals surface area (Å²) in [6.45, 7) is 20.2. The van der Waals surface area contributed by atoms with Crippen LogP contribution in [0.1, 0.15) is 64.2 Å². The third-order valence-corrected chi connectivity index (χ3v) is 16.7. The van der Waals surface area contributed by atoms with Crippen molar-refractivity contribution in [3.05, 3.63) is 154 Å². The van der Waals surface area contributed by atoms with Crippen molar-refractivity contribution in [2.24, 2.45) is 0 Å². The highest BCUT2D eigenvalue weighted by molar-refractivity contribution is 6.99. The van der Waals surface area contributed by atoms with Crippen molar-refractivity contribution in [2.45, 2.75) is 72.1 Å². The van der Waals surface area contributed by atoms with Crippen LogP contribution in [-0.2, 0) is 15.8 Å². The van der Waals surface area contributed by atoms with Gasteiger partial charge >= 0.3 is 5.69 Å². The number of halogens is 2. The Morgan fingerprint density at radius 3 is 2.17 bits per heavy atom. The van der Waals surface area contributed by atoms with Crippen molar-refractivity contribution >= 4 is 53.1 Å².